The van der Waals surface area contributed by atoms with Crippen LogP contribution in [0.5, 0.6) is 0 Å². The molecule has 0 saturated carbocycles. The minimum Gasteiger partial charge on any atom is -0.383 e. The monoisotopic (exact) mass is 493 g/mol. The van der Waals surface area contributed by atoms with Crippen LogP contribution in [0.1, 0.15) is 23.8 Å². The number of halogens is 1. The molecule has 1 aromatic carbocycles. The van der Waals surface area contributed by atoms with Crippen LogP contribution in [0.4, 0.5) is 5.82 Å². The Bertz CT molecular complexity index is 1250. The molecule has 0 unspecified atom stereocenters. The third kappa shape index (κ3) is 4.73. The second-order valence-corrected chi connectivity index (χ2v) is 11.5. The van der Waals surface area contributed by atoms with Crippen molar-refractivity contribution in [3.8, 4) is 0 Å². The zero-order chi connectivity index (χ0) is 22.9. The van der Waals surface area contributed by atoms with Crippen LogP contribution >= 0.6 is 22.9 Å². The maximum atomic E-state index is 13.2. The maximum absolute atomic E-state index is 13.2. The molecule has 3 aromatic rings. The number of carbonyl (C=O) groups is 1. The van der Waals surface area contributed by atoms with E-state index in [1.165, 1.54) is 22.0 Å². The number of piperazine rings is 1. The molecule has 11 heteroatoms. The average Bonchev–Trinajstić information content (AvgIpc) is 3.19. The fraction of sp³-hybridized carbons (Fsp3) is 0.381. The molecule has 1 aliphatic rings. The van der Waals surface area contributed by atoms with E-state index in [1.807, 2.05) is 31.2 Å². The number of amides is 1. The molecular formula is C21H24ClN5O3S2. The molecule has 1 fully saturated rings. The predicted molar refractivity (Wildman–Crippen MR) is 127 cm³/mol. The first-order valence-corrected chi connectivity index (χ1v) is 13.1. The van der Waals surface area contributed by atoms with Crippen molar-refractivity contribution in [2.75, 3.05) is 24.6 Å². The Morgan fingerprint density at radius 2 is 2.03 bits per heavy atom. The number of fused-ring (bicyclic) bond motifs is 1. The van der Waals surface area contributed by atoms with Crippen LogP contribution in [0.2, 0.25) is 4.34 Å². The highest BCUT2D eigenvalue weighted by molar-refractivity contribution is 7.89. The topological polar surface area (TPSA) is 109 Å². The number of carbonyl (C=O) groups excluding carboxylic acids is 1. The van der Waals surface area contributed by atoms with Crippen molar-refractivity contribution in [2.24, 2.45) is 0 Å². The first-order valence-electron chi connectivity index (χ1n) is 10.3. The summed E-state index contributed by atoms with van der Waals surface area (Å²) in [5.74, 6) is 0.190. The van der Waals surface area contributed by atoms with Crippen molar-refractivity contribution >= 4 is 55.6 Å². The van der Waals surface area contributed by atoms with Gasteiger partial charge in [0, 0.05) is 29.9 Å². The van der Waals surface area contributed by atoms with Gasteiger partial charge in [-0.15, -0.1) is 11.3 Å². The van der Waals surface area contributed by atoms with Gasteiger partial charge in [-0.05, 0) is 42.7 Å². The Balaban J connectivity index is 1.46. The molecule has 1 amide bonds. The molecule has 0 aliphatic carbocycles. The number of aromatic nitrogens is 2. The number of nitrogens with two attached hydrogens (primary N) is 1. The van der Waals surface area contributed by atoms with Crippen molar-refractivity contribution < 1.29 is 13.2 Å². The maximum Gasteiger partial charge on any atom is 0.241 e. The minimum absolute atomic E-state index is 0.0422. The SMILES string of the molecule is CC[C@H]1C(=O)N(Cc2ccc3c(N)ncnc3c2)CCN1S(=O)(=O)CCc1ccc(Cl)s1. The number of aryl methyl sites for hydroxylation is 1. The van der Waals surface area contributed by atoms with E-state index in [0.717, 1.165) is 15.8 Å². The summed E-state index contributed by atoms with van der Waals surface area (Å²) in [4.78, 5) is 24.0. The highest BCUT2D eigenvalue weighted by Crippen LogP contribution is 2.25. The molecule has 170 valence electrons. The Kier molecular flexibility index (Phi) is 6.66. The molecule has 8 nitrogen and oxygen atoms in total. The number of rotatable bonds is 7. The van der Waals surface area contributed by atoms with Crippen LogP contribution < -0.4 is 5.73 Å². The highest BCUT2D eigenvalue weighted by Gasteiger charge is 2.39. The number of hydrogen-bond acceptors (Lipinski definition) is 7. The van der Waals surface area contributed by atoms with Gasteiger partial charge in [-0.1, -0.05) is 24.6 Å². The standard InChI is InChI=1S/C21H24ClN5O3S2/c1-2-18-21(28)26(12-14-3-5-16-17(11-14)24-13-25-20(16)23)8-9-27(18)32(29,30)10-7-15-4-6-19(22)31-15/h3-6,11,13,18H,2,7-10,12H2,1H3,(H2,23,24,25)/t18-/m0/s1. The fourth-order valence-corrected chi connectivity index (χ4v) is 6.88. The lowest BCUT2D eigenvalue weighted by atomic mass is 10.1. The Morgan fingerprint density at radius 3 is 2.75 bits per heavy atom. The molecule has 2 aromatic heterocycles. The molecule has 0 bridgehead atoms. The van der Waals surface area contributed by atoms with Gasteiger partial charge in [0.05, 0.1) is 15.6 Å². The lowest BCUT2D eigenvalue weighted by molar-refractivity contribution is -0.139. The normalized spacial score (nSPS) is 17.9. The van der Waals surface area contributed by atoms with Gasteiger partial charge in [0.15, 0.2) is 0 Å². The molecule has 0 radical (unpaired) electrons. The number of anilines is 1. The molecule has 0 spiro atoms. The van der Waals surface area contributed by atoms with Gasteiger partial charge in [0.2, 0.25) is 15.9 Å². The highest BCUT2D eigenvalue weighted by atomic mass is 35.5. The Morgan fingerprint density at radius 1 is 1.22 bits per heavy atom. The van der Waals surface area contributed by atoms with E-state index in [0.29, 0.717) is 41.6 Å². The minimum atomic E-state index is -3.58. The van der Waals surface area contributed by atoms with Crippen LogP contribution in [0, 0.1) is 0 Å². The number of nitrogens with zero attached hydrogens (tertiary/aromatic N) is 4. The zero-order valence-electron chi connectivity index (χ0n) is 17.6. The van der Waals surface area contributed by atoms with Crippen molar-refractivity contribution in [3.05, 3.63) is 51.4 Å². The van der Waals surface area contributed by atoms with Crippen LogP contribution in [0.3, 0.4) is 0 Å². The Hall–Kier alpha value is -2.27. The zero-order valence-corrected chi connectivity index (χ0v) is 20.0. The van der Waals surface area contributed by atoms with E-state index < -0.39 is 16.1 Å². The molecule has 4 rings (SSSR count). The second kappa shape index (κ2) is 9.30. The van der Waals surface area contributed by atoms with Crippen LogP contribution in [-0.2, 0) is 27.8 Å². The summed E-state index contributed by atoms with van der Waals surface area (Å²) in [6.07, 6.45) is 2.21. The molecule has 2 N–H and O–H groups in total. The second-order valence-electron chi connectivity index (χ2n) is 7.68. The van der Waals surface area contributed by atoms with Gasteiger partial charge in [0.25, 0.3) is 0 Å². The predicted octanol–water partition coefficient (Wildman–Crippen LogP) is 2.92. The summed E-state index contributed by atoms with van der Waals surface area (Å²) in [5, 5.41) is 0.761. The van der Waals surface area contributed by atoms with Gasteiger partial charge in [-0.25, -0.2) is 18.4 Å². The summed E-state index contributed by atoms with van der Waals surface area (Å²) < 4.78 is 28.1. The van der Waals surface area contributed by atoms with Gasteiger partial charge in [-0.3, -0.25) is 4.79 Å². The van der Waals surface area contributed by atoms with Crippen molar-refractivity contribution in [1.29, 1.82) is 0 Å². The number of thiophene rings is 1. The van der Waals surface area contributed by atoms with E-state index >= 15 is 0 Å². The van der Waals surface area contributed by atoms with Crippen LogP contribution in [-0.4, -0.2) is 58.4 Å². The number of nitrogen functional groups attached to an aromatic ring is 1. The van der Waals surface area contributed by atoms with E-state index in [1.54, 1.807) is 11.0 Å². The Labute approximate surface area is 196 Å². The van der Waals surface area contributed by atoms with Crippen molar-refractivity contribution in [3.63, 3.8) is 0 Å². The van der Waals surface area contributed by atoms with Gasteiger partial charge < -0.3 is 10.6 Å². The quantitative estimate of drug-likeness (QED) is 0.542. The van der Waals surface area contributed by atoms with E-state index in [2.05, 4.69) is 9.97 Å². The first kappa shape index (κ1) is 22.9. The van der Waals surface area contributed by atoms with Gasteiger partial charge in [0.1, 0.15) is 18.2 Å². The average molecular weight is 494 g/mol. The molecule has 1 aliphatic heterocycles. The van der Waals surface area contributed by atoms with E-state index in [4.69, 9.17) is 17.3 Å². The summed E-state index contributed by atoms with van der Waals surface area (Å²) in [6, 6.07) is 8.53. The summed E-state index contributed by atoms with van der Waals surface area (Å²) in [5.41, 5.74) is 7.50. The molecule has 3 heterocycles. The lowest BCUT2D eigenvalue weighted by Gasteiger charge is -2.39. The first-order chi connectivity index (χ1) is 15.3. The third-order valence-electron chi connectivity index (χ3n) is 5.62. The van der Waals surface area contributed by atoms with Crippen molar-refractivity contribution in [1.82, 2.24) is 19.2 Å². The lowest BCUT2D eigenvalue weighted by Crippen LogP contribution is -2.58. The smallest absolute Gasteiger partial charge is 0.241 e. The number of sulfonamides is 1. The molecule has 1 atom stereocenters. The third-order valence-corrected chi connectivity index (χ3v) is 8.78. The number of hydrogen-bond donors (Lipinski definition) is 1. The summed E-state index contributed by atoms with van der Waals surface area (Å²) in [6.45, 7) is 2.84. The van der Waals surface area contributed by atoms with Gasteiger partial charge in [-0.2, -0.15) is 4.31 Å². The summed E-state index contributed by atoms with van der Waals surface area (Å²) >= 11 is 7.32. The van der Waals surface area contributed by atoms with Gasteiger partial charge >= 0.3 is 0 Å². The molecule has 1 saturated heterocycles. The van der Waals surface area contributed by atoms with Crippen molar-refractivity contribution in [2.45, 2.75) is 32.4 Å². The van der Waals surface area contributed by atoms with E-state index in [-0.39, 0.29) is 18.2 Å². The number of benzene rings is 1. The van der Waals surface area contributed by atoms with Crippen LogP contribution in [0.15, 0.2) is 36.7 Å². The largest absolute Gasteiger partial charge is 0.383 e. The van der Waals surface area contributed by atoms with Crippen LogP contribution in [0.25, 0.3) is 10.9 Å². The van der Waals surface area contributed by atoms with E-state index in [9.17, 15) is 13.2 Å². The fourth-order valence-electron chi connectivity index (χ4n) is 3.96. The molecular weight excluding hydrogens is 470 g/mol. The molecule has 32 heavy (non-hydrogen) atoms. The summed E-state index contributed by atoms with van der Waals surface area (Å²) in [7, 11) is -3.58.